The predicted octanol–water partition coefficient (Wildman–Crippen LogP) is 2.46. The van der Waals surface area contributed by atoms with Crippen molar-refractivity contribution in [3.05, 3.63) is 42.5 Å². The number of nitrogens with one attached hydrogen (secondary N) is 1. The summed E-state index contributed by atoms with van der Waals surface area (Å²) in [4.78, 5) is 26.5. The molecule has 0 aliphatic carbocycles. The molecule has 1 unspecified atom stereocenters. The molecule has 0 radical (unpaired) electrons. The number of para-hydroxylation sites is 2. The van der Waals surface area contributed by atoms with E-state index in [0.717, 1.165) is 0 Å². The molecule has 136 valence electrons. The van der Waals surface area contributed by atoms with Crippen LogP contribution in [0.15, 0.2) is 42.5 Å². The van der Waals surface area contributed by atoms with Gasteiger partial charge in [-0.15, -0.1) is 0 Å². The van der Waals surface area contributed by atoms with Gasteiger partial charge < -0.3 is 19.5 Å². The van der Waals surface area contributed by atoms with Gasteiger partial charge in [-0.05, 0) is 31.2 Å². The first-order valence-corrected chi connectivity index (χ1v) is 8.12. The molecule has 1 N–H and O–H groups in total. The highest BCUT2D eigenvalue weighted by Crippen LogP contribution is 2.34. The predicted molar refractivity (Wildman–Crippen MR) is 97.1 cm³/mol. The van der Waals surface area contributed by atoms with Crippen molar-refractivity contribution in [1.29, 1.82) is 0 Å². The summed E-state index contributed by atoms with van der Waals surface area (Å²) in [6, 6.07) is 12.2. The Labute approximate surface area is 151 Å². The Morgan fingerprint density at radius 3 is 2.69 bits per heavy atom. The van der Waals surface area contributed by atoms with Gasteiger partial charge >= 0.3 is 0 Å². The molecule has 1 atom stereocenters. The maximum absolute atomic E-state index is 12.6. The Bertz CT molecular complexity index is 836. The second-order valence-corrected chi connectivity index (χ2v) is 5.77. The van der Waals surface area contributed by atoms with E-state index in [0.29, 0.717) is 28.6 Å². The largest absolute Gasteiger partial charge is 0.497 e. The highest BCUT2D eigenvalue weighted by Gasteiger charge is 2.32. The summed E-state index contributed by atoms with van der Waals surface area (Å²) in [5.41, 5.74) is 1.04. The number of carbonyl (C=O) groups excluding carboxylic acids is 2. The number of rotatable bonds is 5. The third-order valence-electron chi connectivity index (χ3n) is 4.06. The average Bonchev–Trinajstić information content (AvgIpc) is 2.65. The fourth-order valence-corrected chi connectivity index (χ4v) is 2.77. The maximum Gasteiger partial charge on any atom is 0.268 e. The maximum atomic E-state index is 12.6. The van der Waals surface area contributed by atoms with Crippen LogP contribution < -0.4 is 24.4 Å². The van der Waals surface area contributed by atoms with Gasteiger partial charge in [0.2, 0.25) is 5.91 Å². The number of anilines is 2. The molecule has 0 fully saturated rings. The molecule has 2 amide bonds. The topological polar surface area (TPSA) is 77.1 Å². The number of hydrogen-bond acceptors (Lipinski definition) is 5. The lowest BCUT2D eigenvalue weighted by atomic mass is 10.2. The molecule has 0 saturated heterocycles. The summed E-state index contributed by atoms with van der Waals surface area (Å²) in [6.45, 7) is 1.53. The number of nitrogens with zero attached hydrogens (tertiary/aromatic N) is 1. The standard InChI is InChI=1S/C19H20N2O5/c1-12-19(23)21(15-6-4-5-7-17(15)26-12)11-18(22)20-14-10-13(24-2)8-9-16(14)25-3/h4-10,12H,11H2,1-3H3,(H,20,22). The Hall–Kier alpha value is -3.22. The highest BCUT2D eigenvalue weighted by molar-refractivity contribution is 6.06. The van der Waals surface area contributed by atoms with Crippen molar-refractivity contribution < 1.29 is 23.8 Å². The molecule has 0 spiro atoms. The van der Waals surface area contributed by atoms with Crippen LogP contribution in [0.2, 0.25) is 0 Å². The molecule has 2 aromatic carbocycles. The van der Waals surface area contributed by atoms with E-state index >= 15 is 0 Å². The van der Waals surface area contributed by atoms with Gasteiger partial charge in [0.05, 0.1) is 25.6 Å². The summed E-state index contributed by atoms with van der Waals surface area (Å²) < 4.78 is 16.0. The molecule has 7 nitrogen and oxygen atoms in total. The fraction of sp³-hybridized carbons (Fsp3) is 0.263. The van der Waals surface area contributed by atoms with Gasteiger partial charge in [0, 0.05) is 6.07 Å². The van der Waals surface area contributed by atoms with Gasteiger partial charge in [0.1, 0.15) is 23.8 Å². The van der Waals surface area contributed by atoms with Gasteiger partial charge in [0.25, 0.3) is 5.91 Å². The number of fused-ring (bicyclic) bond motifs is 1. The first-order valence-electron chi connectivity index (χ1n) is 8.12. The Kier molecular flexibility index (Phi) is 4.97. The van der Waals surface area contributed by atoms with Crippen LogP contribution in [0.4, 0.5) is 11.4 Å². The molecule has 3 rings (SSSR count). The van der Waals surface area contributed by atoms with E-state index in [1.165, 1.54) is 19.1 Å². The minimum Gasteiger partial charge on any atom is -0.497 e. The Balaban J connectivity index is 1.81. The minimum absolute atomic E-state index is 0.135. The van der Waals surface area contributed by atoms with Crippen LogP contribution in [0, 0.1) is 0 Å². The molecule has 0 aromatic heterocycles. The van der Waals surface area contributed by atoms with Crippen molar-refractivity contribution in [1.82, 2.24) is 0 Å². The summed E-state index contributed by atoms with van der Waals surface area (Å²) in [5, 5.41) is 2.77. The molecule has 26 heavy (non-hydrogen) atoms. The summed E-state index contributed by atoms with van der Waals surface area (Å²) in [7, 11) is 3.05. The van der Waals surface area contributed by atoms with E-state index in [4.69, 9.17) is 14.2 Å². The first kappa shape index (κ1) is 17.6. The van der Waals surface area contributed by atoms with Crippen LogP contribution in [0.25, 0.3) is 0 Å². The smallest absolute Gasteiger partial charge is 0.268 e. The SMILES string of the molecule is COc1ccc(OC)c(NC(=O)CN2C(=O)C(C)Oc3ccccc32)c1. The average molecular weight is 356 g/mol. The molecule has 7 heteroatoms. The number of amides is 2. The van der Waals surface area contributed by atoms with E-state index in [9.17, 15) is 9.59 Å². The zero-order valence-electron chi connectivity index (χ0n) is 14.8. The van der Waals surface area contributed by atoms with Gasteiger partial charge in [0.15, 0.2) is 6.10 Å². The summed E-state index contributed by atoms with van der Waals surface area (Å²) in [5.74, 6) is 1.04. The number of hydrogen-bond donors (Lipinski definition) is 1. The number of methoxy groups -OCH3 is 2. The highest BCUT2D eigenvalue weighted by atomic mass is 16.5. The zero-order chi connectivity index (χ0) is 18.7. The van der Waals surface area contributed by atoms with Gasteiger partial charge in [-0.1, -0.05) is 12.1 Å². The molecule has 1 heterocycles. The molecular weight excluding hydrogens is 336 g/mol. The van der Waals surface area contributed by atoms with Crippen LogP contribution in [-0.4, -0.2) is 38.7 Å². The number of carbonyl (C=O) groups is 2. The molecular formula is C19H20N2O5. The van der Waals surface area contributed by atoms with Crippen LogP contribution in [0.3, 0.4) is 0 Å². The molecule has 1 aliphatic heterocycles. The summed E-state index contributed by atoms with van der Waals surface area (Å²) in [6.07, 6.45) is -0.649. The molecule has 1 aliphatic rings. The zero-order valence-corrected chi connectivity index (χ0v) is 14.8. The van der Waals surface area contributed by atoms with Gasteiger partial charge in [-0.2, -0.15) is 0 Å². The van der Waals surface area contributed by atoms with E-state index in [-0.39, 0.29) is 18.4 Å². The summed E-state index contributed by atoms with van der Waals surface area (Å²) >= 11 is 0. The first-order chi connectivity index (χ1) is 12.5. The second-order valence-electron chi connectivity index (χ2n) is 5.77. The van der Waals surface area contributed by atoms with Gasteiger partial charge in [-0.25, -0.2) is 0 Å². The van der Waals surface area contributed by atoms with Crippen molar-refractivity contribution >= 4 is 23.2 Å². The quantitative estimate of drug-likeness (QED) is 0.890. The van der Waals surface area contributed by atoms with E-state index < -0.39 is 6.10 Å². The lowest BCUT2D eigenvalue weighted by Gasteiger charge is -2.32. The van der Waals surface area contributed by atoms with Crippen molar-refractivity contribution in [2.75, 3.05) is 31.0 Å². The van der Waals surface area contributed by atoms with Gasteiger partial charge in [-0.3, -0.25) is 14.5 Å². The van der Waals surface area contributed by atoms with E-state index in [1.807, 2.05) is 6.07 Å². The lowest BCUT2D eigenvalue weighted by Crippen LogP contribution is -2.47. The normalized spacial score (nSPS) is 15.7. The third kappa shape index (κ3) is 3.42. The second kappa shape index (κ2) is 7.35. The van der Waals surface area contributed by atoms with Crippen LogP contribution in [0.1, 0.15) is 6.92 Å². The Morgan fingerprint density at radius 2 is 1.96 bits per heavy atom. The monoisotopic (exact) mass is 356 g/mol. The molecule has 0 bridgehead atoms. The van der Waals surface area contributed by atoms with Crippen LogP contribution in [-0.2, 0) is 9.59 Å². The van der Waals surface area contributed by atoms with Crippen molar-refractivity contribution in [2.24, 2.45) is 0 Å². The minimum atomic E-state index is -0.649. The lowest BCUT2D eigenvalue weighted by molar-refractivity contribution is -0.127. The number of ether oxygens (including phenoxy) is 3. The molecule has 2 aromatic rings. The van der Waals surface area contributed by atoms with Crippen molar-refractivity contribution in [3.63, 3.8) is 0 Å². The fourth-order valence-electron chi connectivity index (χ4n) is 2.77. The van der Waals surface area contributed by atoms with E-state index in [2.05, 4.69) is 5.32 Å². The molecule has 0 saturated carbocycles. The van der Waals surface area contributed by atoms with E-state index in [1.54, 1.807) is 43.3 Å². The third-order valence-corrected chi connectivity index (χ3v) is 4.06. The Morgan fingerprint density at radius 1 is 1.19 bits per heavy atom. The van der Waals surface area contributed by atoms with Crippen LogP contribution >= 0.6 is 0 Å². The van der Waals surface area contributed by atoms with Crippen molar-refractivity contribution in [3.8, 4) is 17.2 Å². The van der Waals surface area contributed by atoms with Crippen molar-refractivity contribution in [2.45, 2.75) is 13.0 Å². The number of benzene rings is 2. The van der Waals surface area contributed by atoms with Crippen LogP contribution in [0.5, 0.6) is 17.2 Å².